The monoisotopic (exact) mass is 295 g/mol. The average Bonchev–Trinajstić information content (AvgIpc) is 2.91. The van der Waals surface area contributed by atoms with Crippen LogP contribution < -0.4 is 5.32 Å². The topological polar surface area (TPSA) is 64.9 Å². The van der Waals surface area contributed by atoms with Crippen molar-refractivity contribution < 1.29 is 4.74 Å². The Morgan fingerprint density at radius 3 is 3.00 bits per heavy atom. The van der Waals surface area contributed by atoms with Crippen LogP contribution in [0.4, 0.5) is 5.82 Å². The van der Waals surface area contributed by atoms with Crippen LogP contribution in [-0.4, -0.2) is 33.2 Å². The van der Waals surface area contributed by atoms with Crippen molar-refractivity contribution in [2.45, 2.75) is 19.5 Å². The number of rotatable bonds is 4. The molecule has 1 N–H and O–H groups in total. The molecule has 1 saturated heterocycles. The van der Waals surface area contributed by atoms with Crippen LogP contribution in [0.2, 0.25) is 0 Å². The van der Waals surface area contributed by atoms with Crippen LogP contribution in [0, 0.1) is 6.92 Å². The summed E-state index contributed by atoms with van der Waals surface area (Å²) in [4.78, 5) is 4.67. The van der Waals surface area contributed by atoms with Gasteiger partial charge in [-0.3, -0.25) is 0 Å². The van der Waals surface area contributed by atoms with E-state index in [0.29, 0.717) is 12.6 Å². The largest absolute Gasteiger partial charge is 0.377 e. The summed E-state index contributed by atoms with van der Waals surface area (Å²) in [6.45, 7) is 4.12. The molecule has 6 heteroatoms. The van der Waals surface area contributed by atoms with Crippen LogP contribution in [-0.2, 0) is 11.3 Å². The van der Waals surface area contributed by atoms with Gasteiger partial charge in [-0.2, -0.15) is 0 Å². The zero-order valence-corrected chi connectivity index (χ0v) is 12.4. The van der Waals surface area contributed by atoms with Gasteiger partial charge in [0.05, 0.1) is 31.5 Å². The molecule has 4 rings (SSSR count). The summed E-state index contributed by atoms with van der Waals surface area (Å²) in [6.07, 6.45) is 1.97. The quantitative estimate of drug-likeness (QED) is 0.800. The minimum atomic E-state index is 0.335. The highest BCUT2D eigenvalue weighted by molar-refractivity contribution is 5.81. The number of fused-ring (bicyclic) bond motifs is 1. The maximum absolute atomic E-state index is 5.17. The van der Waals surface area contributed by atoms with Crippen LogP contribution >= 0.6 is 0 Å². The number of hydrogen-bond acceptors (Lipinski definition) is 5. The molecule has 0 unspecified atom stereocenters. The molecule has 2 aromatic heterocycles. The second kappa shape index (κ2) is 5.38. The molecule has 3 aromatic rings. The number of benzene rings is 1. The van der Waals surface area contributed by atoms with E-state index in [9.17, 15) is 0 Å². The highest BCUT2D eigenvalue weighted by atomic mass is 16.5. The minimum absolute atomic E-state index is 0.335. The fourth-order valence-electron chi connectivity index (χ4n) is 2.52. The van der Waals surface area contributed by atoms with Gasteiger partial charge in [-0.05, 0) is 24.6 Å². The number of pyridine rings is 1. The molecule has 6 nitrogen and oxygen atoms in total. The number of aromatic nitrogens is 4. The Kier molecular flexibility index (Phi) is 3.23. The molecule has 1 aliphatic rings. The van der Waals surface area contributed by atoms with E-state index in [2.05, 4.69) is 39.7 Å². The van der Waals surface area contributed by atoms with Crippen LogP contribution in [0.1, 0.15) is 17.3 Å². The van der Waals surface area contributed by atoms with Crippen molar-refractivity contribution in [2.24, 2.45) is 0 Å². The van der Waals surface area contributed by atoms with Gasteiger partial charge in [0.2, 0.25) is 0 Å². The van der Waals surface area contributed by atoms with E-state index in [0.717, 1.165) is 41.2 Å². The predicted molar refractivity (Wildman–Crippen MR) is 83.7 cm³/mol. The van der Waals surface area contributed by atoms with Gasteiger partial charge in [0, 0.05) is 5.39 Å². The Bertz CT molecular complexity index is 809. The van der Waals surface area contributed by atoms with Gasteiger partial charge in [0.25, 0.3) is 0 Å². The van der Waals surface area contributed by atoms with Crippen molar-refractivity contribution in [3.8, 4) is 0 Å². The predicted octanol–water partition coefficient (Wildman–Crippen LogP) is 2.32. The van der Waals surface area contributed by atoms with Crippen molar-refractivity contribution in [3.63, 3.8) is 0 Å². The number of hydrogen-bond donors (Lipinski definition) is 1. The smallest absolute Gasteiger partial charge is 0.129 e. The fraction of sp³-hybridized carbons (Fsp3) is 0.312. The number of nitrogens with one attached hydrogen (secondary N) is 1. The molecule has 0 atom stereocenters. The Balaban J connectivity index is 1.51. The normalized spacial score (nSPS) is 15.0. The first-order valence-corrected chi connectivity index (χ1v) is 7.38. The standard InChI is InChI=1S/C16H17N5O/c1-11-6-12-4-2-3-5-15(12)18-16(11)17-7-13-8-21(20-19-13)14-9-22-10-14/h2-6,8,14H,7,9-10H2,1H3,(H,17,18). The molecule has 0 spiro atoms. The highest BCUT2D eigenvalue weighted by Crippen LogP contribution is 2.20. The van der Waals surface area contributed by atoms with Crippen LogP contribution in [0.5, 0.6) is 0 Å². The third-order valence-electron chi connectivity index (χ3n) is 3.90. The summed E-state index contributed by atoms with van der Waals surface area (Å²) >= 11 is 0. The molecular weight excluding hydrogens is 278 g/mol. The molecule has 22 heavy (non-hydrogen) atoms. The van der Waals surface area contributed by atoms with E-state index in [1.807, 2.05) is 29.1 Å². The molecular formula is C16H17N5O. The molecule has 0 bridgehead atoms. The van der Waals surface area contributed by atoms with Crippen molar-refractivity contribution in [3.05, 3.63) is 47.8 Å². The Hall–Kier alpha value is -2.47. The maximum Gasteiger partial charge on any atom is 0.129 e. The third-order valence-corrected chi connectivity index (χ3v) is 3.90. The molecule has 0 aliphatic carbocycles. The summed E-state index contributed by atoms with van der Waals surface area (Å²) in [7, 11) is 0. The summed E-state index contributed by atoms with van der Waals surface area (Å²) < 4.78 is 7.05. The molecule has 1 fully saturated rings. The molecule has 0 amide bonds. The highest BCUT2D eigenvalue weighted by Gasteiger charge is 2.21. The first-order valence-electron chi connectivity index (χ1n) is 7.38. The lowest BCUT2D eigenvalue weighted by atomic mass is 10.1. The fourth-order valence-corrected chi connectivity index (χ4v) is 2.52. The van der Waals surface area contributed by atoms with Crippen LogP contribution in [0.15, 0.2) is 36.5 Å². The lowest BCUT2D eigenvalue weighted by Gasteiger charge is -2.25. The SMILES string of the molecule is Cc1cc2ccccc2nc1NCc1cn(C2COC2)nn1. The van der Waals surface area contributed by atoms with Crippen molar-refractivity contribution >= 4 is 16.7 Å². The number of aryl methyl sites for hydroxylation is 1. The molecule has 112 valence electrons. The van der Waals surface area contributed by atoms with Gasteiger partial charge in [0.1, 0.15) is 17.6 Å². The zero-order chi connectivity index (χ0) is 14.9. The number of para-hydroxylation sites is 1. The van der Waals surface area contributed by atoms with Crippen molar-refractivity contribution in [1.82, 2.24) is 20.0 Å². The third kappa shape index (κ3) is 2.42. The molecule has 0 radical (unpaired) electrons. The minimum Gasteiger partial charge on any atom is -0.377 e. The molecule has 1 aromatic carbocycles. The van der Waals surface area contributed by atoms with Gasteiger partial charge in [0.15, 0.2) is 0 Å². The van der Waals surface area contributed by atoms with Gasteiger partial charge in [-0.1, -0.05) is 23.4 Å². The van der Waals surface area contributed by atoms with E-state index in [1.54, 1.807) is 0 Å². The maximum atomic E-state index is 5.17. The van der Waals surface area contributed by atoms with Crippen LogP contribution in [0.3, 0.4) is 0 Å². The Morgan fingerprint density at radius 1 is 1.32 bits per heavy atom. The lowest BCUT2D eigenvalue weighted by Crippen LogP contribution is -2.30. The van der Waals surface area contributed by atoms with Gasteiger partial charge in [-0.15, -0.1) is 5.10 Å². The van der Waals surface area contributed by atoms with Crippen LogP contribution in [0.25, 0.3) is 10.9 Å². The van der Waals surface area contributed by atoms with Gasteiger partial charge >= 0.3 is 0 Å². The first-order chi connectivity index (χ1) is 10.8. The van der Waals surface area contributed by atoms with Gasteiger partial charge < -0.3 is 10.1 Å². The average molecular weight is 295 g/mol. The summed E-state index contributed by atoms with van der Waals surface area (Å²) in [5, 5.41) is 12.8. The van der Waals surface area contributed by atoms with E-state index >= 15 is 0 Å². The van der Waals surface area contributed by atoms with E-state index in [1.165, 1.54) is 0 Å². The Labute approximate surface area is 128 Å². The second-order valence-electron chi connectivity index (χ2n) is 5.58. The molecule has 0 saturated carbocycles. The number of anilines is 1. The van der Waals surface area contributed by atoms with E-state index in [4.69, 9.17) is 4.74 Å². The van der Waals surface area contributed by atoms with Crippen molar-refractivity contribution in [2.75, 3.05) is 18.5 Å². The number of ether oxygens (including phenoxy) is 1. The van der Waals surface area contributed by atoms with Gasteiger partial charge in [-0.25, -0.2) is 9.67 Å². The van der Waals surface area contributed by atoms with E-state index < -0.39 is 0 Å². The summed E-state index contributed by atoms with van der Waals surface area (Å²) in [5.41, 5.74) is 3.02. The molecule has 3 heterocycles. The summed E-state index contributed by atoms with van der Waals surface area (Å²) in [6, 6.07) is 10.6. The lowest BCUT2D eigenvalue weighted by molar-refractivity contribution is -0.0293. The Morgan fingerprint density at radius 2 is 2.18 bits per heavy atom. The van der Waals surface area contributed by atoms with Crippen molar-refractivity contribution in [1.29, 1.82) is 0 Å². The number of nitrogens with zero attached hydrogens (tertiary/aromatic N) is 4. The summed E-state index contributed by atoms with van der Waals surface area (Å²) in [5.74, 6) is 0.889. The first kappa shape index (κ1) is 13.2. The van der Waals surface area contributed by atoms with E-state index in [-0.39, 0.29) is 0 Å². The second-order valence-corrected chi connectivity index (χ2v) is 5.58. The molecule has 1 aliphatic heterocycles. The zero-order valence-electron chi connectivity index (χ0n) is 12.4.